The second kappa shape index (κ2) is 6.16. The summed E-state index contributed by atoms with van der Waals surface area (Å²) in [4.78, 5) is 12.1. The van der Waals surface area contributed by atoms with Crippen LogP contribution >= 0.6 is 0 Å². The van der Waals surface area contributed by atoms with E-state index >= 15 is 0 Å². The van der Waals surface area contributed by atoms with Gasteiger partial charge >= 0.3 is 6.03 Å². The summed E-state index contributed by atoms with van der Waals surface area (Å²) in [5, 5.41) is 13.3. The first-order valence-corrected chi connectivity index (χ1v) is 7.83. The molecule has 0 spiro atoms. The Labute approximate surface area is 134 Å². The van der Waals surface area contributed by atoms with Gasteiger partial charge in [0.15, 0.2) is 5.52 Å². The van der Waals surface area contributed by atoms with Crippen LogP contribution in [-0.4, -0.2) is 35.6 Å². The summed E-state index contributed by atoms with van der Waals surface area (Å²) in [7, 11) is 0. The molecule has 124 valence electrons. The molecule has 1 saturated heterocycles. The number of anilines is 1. The zero-order chi connectivity index (χ0) is 16.4. The van der Waals surface area contributed by atoms with Crippen LogP contribution in [0.5, 0.6) is 0 Å². The van der Waals surface area contributed by atoms with Crippen molar-refractivity contribution in [3.8, 4) is 0 Å². The lowest BCUT2D eigenvalue weighted by molar-refractivity contribution is 0.00782. The van der Waals surface area contributed by atoms with Crippen LogP contribution in [0.25, 0.3) is 11.0 Å². The lowest BCUT2D eigenvalue weighted by Gasteiger charge is -2.31. The van der Waals surface area contributed by atoms with Gasteiger partial charge in [-0.15, -0.1) is 0 Å². The number of nitrogens with zero attached hydrogens (tertiary/aromatic N) is 2. The SMILES string of the molecule is CC(C)(C)[C@H]1OCC[C@@H]1CNC(=O)Nc1cccc2nonc12. The number of urea groups is 1. The number of benzene rings is 1. The average molecular weight is 318 g/mol. The van der Waals surface area contributed by atoms with E-state index < -0.39 is 0 Å². The van der Waals surface area contributed by atoms with Gasteiger partial charge in [-0.2, -0.15) is 0 Å². The molecule has 1 aromatic carbocycles. The summed E-state index contributed by atoms with van der Waals surface area (Å²) in [5.41, 5.74) is 1.80. The predicted molar refractivity (Wildman–Crippen MR) is 86.1 cm³/mol. The lowest BCUT2D eigenvalue weighted by Crippen LogP contribution is -2.40. The standard InChI is InChI=1S/C16H22N4O3/c1-16(2,3)14-10(7-8-22-14)9-17-15(21)18-11-5-4-6-12-13(11)20-23-19-12/h4-6,10,14H,7-9H2,1-3H3,(H2,17,18,21)/t10-,14+/m1/s1. The fraction of sp³-hybridized carbons (Fsp3) is 0.562. The van der Waals surface area contributed by atoms with E-state index in [0.29, 0.717) is 29.2 Å². The van der Waals surface area contributed by atoms with E-state index in [4.69, 9.17) is 9.37 Å². The van der Waals surface area contributed by atoms with E-state index in [2.05, 4.69) is 41.7 Å². The fourth-order valence-corrected chi connectivity index (χ4v) is 3.10. The Hall–Kier alpha value is -2.15. The molecule has 1 aliphatic heterocycles. The van der Waals surface area contributed by atoms with Gasteiger partial charge in [0.1, 0.15) is 5.52 Å². The smallest absolute Gasteiger partial charge is 0.319 e. The van der Waals surface area contributed by atoms with Gasteiger partial charge in [-0.1, -0.05) is 26.8 Å². The van der Waals surface area contributed by atoms with Crippen molar-refractivity contribution in [2.24, 2.45) is 11.3 Å². The molecule has 23 heavy (non-hydrogen) atoms. The molecule has 2 heterocycles. The van der Waals surface area contributed by atoms with Crippen molar-refractivity contribution in [3.05, 3.63) is 18.2 Å². The lowest BCUT2D eigenvalue weighted by atomic mass is 9.81. The third kappa shape index (κ3) is 3.44. The van der Waals surface area contributed by atoms with Gasteiger partial charge in [0.05, 0.1) is 11.8 Å². The third-order valence-electron chi connectivity index (χ3n) is 4.13. The summed E-state index contributed by atoms with van der Waals surface area (Å²) in [5.74, 6) is 0.324. The summed E-state index contributed by atoms with van der Waals surface area (Å²) in [6.45, 7) is 7.82. The average Bonchev–Trinajstić information content (AvgIpc) is 3.14. The van der Waals surface area contributed by atoms with E-state index in [-0.39, 0.29) is 17.6 Å². The van der Waals surface area contributed by atoms with Crippen LogP contribution in [0.1, 0.15) is 27.2 Å². The largest absolute Gasteiger partial charge is 0.377 e. The highest BCUT2D eigenvalue weighted by atomic mass is 16.6. The number of aromatic nitrogens is 2. The van der Waals surface area contributed by atoms with Crippen LogP contribution in [0.2, 0.25) is 0 Å². The van der Waals surface area contributed by atoms with Crippen molar-refractivity contribution in [1.82, 2.24) is 15.6 Å². The van der Waals surface area contributed by atoms with Crippen molar-refractivity contribution in [2.75, 3.05) is 18.5 Å². The molecule has 0 bridgehead atoms. The second-order valence-corrected chi connectivity index (χ2v) is 6.98. The Kier molecular flexibility index (Phi) is 4.21. The predicted octanol–water partition coefficient (Wildman–Crippen LogP) is 2.80. The van der Waals surface area contributed by atoms with E-state index in [1.807, 2.05) is 0 Å². The minimum Gasteiger partial charge on any atom is -0.377 e. The number of hydrogen-bond acceptors (Lipinski definition) is 5. The number of nitrogens with one attached hydrogen (secondary N) is 2. The molecular formula is C16H22N4O3. The molecule has 2 aromatic rings. The van der Waals surface area contributed by atoms with Gasteiger partial charge in [0.25, 0.3) is 0 Å². The van der Waals surface area contributed by atoms with Crippen LogP contribution in [0.3, 0.4) is 0 Å². The molecule has 1 fully saturated rings. The number of carbonyl (C=O) groups excluding carboxylic acids is 1. The monoisotopic (exact) mass is 318 g/mol. The maximum atomic E-state index is 12.1. The molecule has 2 atom stereocenters. The van der Waals surface area contributed by atoms with Gasteiger partial charge in [0.2, 0.25) is 0 Å². The van der Waals surface area contributed by atoms with Gasteiger partial charge in [0, 0.05) is 19.1 Å². The van der Waals surface area contributed by atoms with E-state index in [1.54, 1.807) is 18.2 Å². The minimum absolute atomic E-state index is 0.0668. The normalized spacial score (nSPS) is 21.5. The first-order valence-electron chi connectivity index (χ1n) is 7.83. The number of fused-ring (bicyclic) bond motifs is 1. The van der Waals surface area contributed by atoms with Crippen molar-refractivity contribution in [2.45, 2.75) is 33.3 Å². The van der Waals surface area contributed by atoms with Crippen LogP contribution in [-0.2, 0) is 4.74 Å². The zero-order valence-electron chi connectivity index (χ0n) is 13.6. The van der Waals surface area contributed by atoms with Gasteiger partial charge in [-0.25, -0.2) is 9.42 Å². The maximum Gasteiger partial charge on any atom is 0.319 e. The molecule has 7 nitrogen and oxygen atoms in total. The molecule has 0 aliphatic carbocycles. The first kappa shape index (κ1) is 15.7. The zero-order valence-corrected chi connectivity index (χ0v) is 13.6. The third-order valence-corrected chi connectivity index (χ3v) is 4.13. The summed E-state index contributed by atoms with van der Waals surface area (Å²) in [6, 6.07) is 5.07. The van der Waals surface area contributed by atoms with Crippen LogP contribution in [0, 0.1) is 11.3 Å². The fourth-order valence-electron chi connectivity index (χ4n) is 3.10. The van der Waals surface area contributed by atoms with E-state index in [0.717, 1.165) is 13.0 Å². The van der Waals surface area contributed by atoms with Crippen molar-refractivity contribution >= 4 is 22.8 Å². The molecule has 1 aromatic heterocycles. The highest BCUT2D eigenvalue weighted by molar-refractivity contribution is 5.98. The van der Waals surface area contributed by atoms with Crippen molar-refractivity contribution in [1.29, 1.82) is 0 Å². The van der Waals surface area contributed by atoms with Gasteiger partial charge in [-0.05, 0) is 34.3 Å². The molecule has 0 radical (unpaired) electrons. The number of rotatable bonds is 3. The van der Waals surface area contributed by atoms with Gasteiger partial charge in [-0.3, -0.25) is 0 Å². The first-order chi connectivity index (χ1) is 10.9. The number of hydrogen-bond donors (Lipinski definition) is 2. The molecule has 1 aliphatic rings. The molecule has 2 N–H and O–H groups in total. The van der Waals surface area contributed by atoms with Gasteiger partial charge < -0.3 is 15.4 Å². The molecule has 0 unspecified atom stereocenters. The Morgan fingerprint density at radius 2 is 2.17 bits per heavy atom. The molecule has 7 heteroatoms. The number of carbonyl (C=O) groups is 1. The molecular weight excluding hydrogens is 296 g/mol. The second-order valence-electron chi connectivity index (χ2n) is 6.98. The van der Waals surface area contributed by atoms with Crippen LogP contribution < -0.4 is 10.6 Å². The van der Waals surface area contributed by atoms with E-state index in [1.165, 1.54) is 0 Å². The minimum atomic E-state index is -0.264. The quantitative estimate of drug-likeness (QED) is 0.908. The molecule has 0 saturated carbocycles. The summed E-state index contributed by atoms with van der Waals surface area (Å²) < 4.78 is 10.5. The Morgan fingerprint density at radius 3 is 2.96 bits per heavy atom. The molecule has 2 amide bonds. The Morgan fingerprint density at radius 1 is 1.35 bits per heavy atom. The number of amides is 2. The van der Waals surface area contributed by atoms with Crippen molar-refractivity contribution < 1.29 is 14.2 Å². The molecule has 3 rings (SSSR count). The van der Waals surface area contributed by atoms with Crippen molar-refractivity contribution in [3.63, 3.8) is 0 Å². The Balaban J connectivity index is 1.59. The topological polar surface area (TPSA) is 89.3 Å². The number of ether oxygens (including phenoxy) is 1. The van der Waals surface area contributed by atoms with E-state index in [9.17, 15) is 4.79 Å². The highest BCUT2D eigenvalue weighted by Gasteiger charge is 2.37. The van der Waals surface area contributed by atoms with Crippen LogP contribution in [0.4, 0.5) is 10.5 Å². The summed E-state index contributed by atoms with van der Waals surface area (Å²) in [6.07, 6.45) is 1.12. The summed E-state index contributed by atoms with van der Waals surface area (Å²) >= 11 is 0. The highest BCUT2D eigenvalue weighted by Crippen LogP contribution is 2.34. The maximum absolute atomic E-state index is 12.1. The Bertz CT molecular complexity index is 692. The van der Waals surface area contributed by atoms with Crippen LogP contribution in [0.15, 0.2) is 22.8 Å².